The molecule has 31 heavy (non-hydrogen) atoms. The summed E-state index contributed by atoms with van der Waals surface area (Å²) in [6, 6.07) is 3.50. The number of anilines is 1. The minimum Gasteiger partial charge on any atom is -0.462 e. The smallest absolute Gasteiger partial charge is 0.341 e. The molecule has 1 unspecified atom stereocenters. The number of hydrogen-bond donors (Lipinski definition) is 1. The second-order valence-corrected chi connectivity index (χ2v) is 9.05. The van der Waals surface area contributed by atoms with Crippen molar-refractivity contribution in [3.8, 4) is 0 Å². The first-order chi connectivity index (χ1) is 14.7. The van der Waals surface area contributed by atoms with E-state index in [9.17, 15) is 14.4 Å². The highest BCUT2D eigenvalue weighted by atomic mass is 32.1. The summed E-state index contributed by atoms with van der Waals surface area (Å²) in [6.07, 6.45) is 5.03. The number of amides is 1. The van der Waals surface area contributed by atoms with Gasteiger partial charge in [-0.15, -0.1) is 11.3 Å². The van der Waals surface area contributed by atoms with Crippen LogP contribution in [-0.2, 0) is 31.9 Å². The molecule has 2 aromatic rings. The zero-order valence-electron chi connectivity index (χ0n) is 18.2. The number of hydrogen-bond acceptors (Lipinski definition) is 7. The monoisotopic (exact) mass is 445 g/mol. The van der Waals surface area contributed by atoms with Gasteiger partial charge in [-0.25, -0.2) is 9.59 Å². The van der Waals surface area contributed by atoms with Crippen LogP contribution in [0.3, 0.4) is 0 Å². The molecule has 1 amide bonds. The zero-order chi connectivity index (χ0) is 22.5. The molecular weight excluding hydrogens is 418 g/mol. The largest absolute Gasteiger partial charge is 0.462 e. The summed E-state index contributed by atoms with van der Waals surface area (Å²) in [5.74, 6) is 0.155. The van der Waals surface area contributed by atoms with Crippen molar-refractivity contribution in [2.75, 3.05) is 11.9 Å². The van der Waals surface area contributed by atoms with E-state index in [-0.39, 0.29) is 6.10 Å². The van der Waals surface area contributed by atoms with Crippen LogP contribution in [-0.4, -0.2) is 30.6 Å². The Morgan fingerprint density at radius 2 is 2.10 bits per heavy atom. The van der Waals surface area contributed by atoms with E-state index >= 15 is 0 Å². The number of furan rings is 1. The standard InChI is InChI=1S/C23H27NO6S/c1-13(2)29-23(27)21-17-9-5-14(3)11-18(17)31-22(21)24-19(25)12-28-20(26)10-8-16-7-6-15(4)30-16/h6-8,10,13-14H,5,9,11-12H2,1-4H3,(H,24,25). The van der Waals surface area contributed by atoms with Gasteiger partial charge in [-0.3, -0.25) is 4.79 Å². The van der Waals surface area contributed by atoms with Gasteiger partial charge in [-0.1, -0.05) is 6.92 Å². The number of carbonyl (C=O) groups is 3. The Morgan fingerprint density at radius 3 is 2.77 bits per heavy atom. The number of rotatable bonds is 7. The van der Waals surface area contributed by atoms with Crippen LogP contribution in [0.15, 0.2) is 22.6 Å². The summed E-state index contributed by atoms with van der Waals surface area (Å²) in [5.41, 5.74) is 1.38. The van der Waals surface area contributed by atoms with Crippen LogP contribution in [0.2, 0.25) is 0 Å². The molecule has 2 aromatic heterocycles. The Morgan fingerprint density at radius 1 is 1.32 bits per heavy atom. The van der Waals surface area contributed by atoms with Gasteiger partial charge >= 0.3 is 11.9 Å². The van der Waals surface area contributed by atoms with Crippen LogP contribution < -0.4 is 5.32 Å². The number of thiophene rings is 1. The van der Waals surface area contributed by atoms with Crippen molar-refractivity contribution in [1.82, 2.24) is 0 Å². The predicted molar refractivity (Wildman–Crippen MR) is 118 cm³/mol. The fourth-order valence-electron chi connectivity index (χ4n) is 3.37. The van der Waals surface area contributed by atoms with Crippen molar-refractivity contribution in [1.29, 1.82) is 0 Å². The molecule has 0 saturated carbocycles. The van der Waals surface area contributed by atoms with Crippen molar-refractivity contribution in [3.05, 3.63) is 45.7 Å². The molecule has 1 aliphatic carbocycles. The second kappa shape index (κ2) is 9.96. The lowest BCUT2D eigenvalue weighted by molar-refractivity contribution is -0.142. The van der Waals surface area contributed by atoms with Gasteiger partial charge in [0.15, 0.2) is 6.61 Å². The first kappa shape index (κ1) is 22.8. The van der Waals surface area contributed by atoms with E-state index in [1.54, 1.807) is 32.9 Å². The fraction of sp³-hybridized carbons (Fsp3) is 0.435. The molecule has 0 saturated heterocycles. The first-order valence-corrected chi connectivity index (χ1v) is 11.1. The Labute approximate surface area is 185 Å². The van der Waals surface area contributed by atoms with Crippen LogP contribution >= 0.6 is 11.3 Å². The van der Waals surface area contributed by atoms with E-state index in [4.69, 9.17) is 13.9 Å². The molecule has 1 atom stereocenters. The molecule has 0 spiro atoms. The number of esters is 2. The third kappa shape index (κ3) is 6.07. The van der Waals surface area contributed by atoms with E-state index in [1.165, 1.54) is 23.5 Å². The van der Waals surface area contributed by atoms with E-state index in [0.29, 0.717) is 22.2 Å². The Hall–Kier alpha value is -2.87. The second-order valence-electron chi connectivity index (χ2n) is 7.95. The highest BCUT2D eigenvalue weighted by Gasteiger charge is 2.29. The lowest BCUT2D eigenvalue weighted by atomic mass is 9.88. The van der Waals surface area contributed by atoms with Gasteiger partial charge in [0.25, 0.3) is 5.91 Å². The number of fused-ring (bicyclic) bond motifs is 1. The van der Waals surface area contributed by atoms with Gasteiger partial charge in [0, 0.05) is 11.0 Å². The molecule has 0 fully saturated rings. The summed E-state index contributed by atoms with van der Waals surface area (Å²) in [7, 11) is 0. The summed E-state index contributed by atoms with van der Waals surface area (Å²) >= 11 is 1.39. The highest BCUT2D eigenvalue weighted by Crippen LogP contribution is 2.40. The summed E-state index contributed by atoms with van der Waals surface area (Å²) in [4.78, 5) is 38.0. The van der Waals surface area contributed by atoms with Gasteiger partial charge in [0.2, 0.25) is 0 Å². The maximum Gasteiger partial charge on any atom is 0.341 e. The van der Waals surface area contributed by atoms with E-state index in [0.717, 1.165) is 35.5 Å². The highest BCUT2D eigenvalue weighted by molar-refractivity contribution is 7.17. The quantitative estimate of drug-likeness (QED) is 0.497. The molecule has 8 heteroatoms. The Kier molecular flexibility index (Phi) is 7.33. The molecule has 166 valence electrons. The van der Waals surface area contributed by atoms with Crippen LogP contribution in [0, 0.1) is 12.8 Å². The lowest BCUT2D eigenvalue weighted by Crippen LogP contribution is -2.22. The zero-order valence-corrected chi connectivity index (χ0v) is 19.0. The van der Waals surface area contributed by atoms with Crippen LogP contribution in [0.25, 0.3) is 6.08 Å². The SMILES string of the molecule is Cc1ccc(C=CC(=O)OCC(=O)Nc2sc3c(c2C(=O)OC(C)C)CCC(C)C3)o1. The van der Waals surface area contributed by atoms with Gasteiger partial charge < -0.3 is 19.2 Å². The summed E-state index contributed by atoms with van der Waals surface area (Å²) in [5, 5.41) is 3.18. The molecule has 0 bridgehead atoms. The number of aryl methyl sites for hydroxylation is 1. The third-order valence-electron chi connectivity index (χ3n) is 4.80. The molecule has 0 radical (unpaired) electrons. The summed E-state index contributed by atoms with van der Waals surface area (Å²) < 4.78 is 15.7. The van der Waals surface area contributed by atoms with Crippen molar-refractivity contribution in [2.45, 2.75) is 53.1 Å². The molecule has 0 aromatic carbocycles. The molecule has 7 nitrogen and oxygen atoms in total. The maximum absolute atomic E-state index is 12.7. The van der Waals surface area contributed by atoms with Crippen LogP contribution in [0.4, 0.5) is 5.00 Å². The Balaban J connectivity index is 1.65. The minimum atomic E-state index is -0.664. The fourth-order valence-corrected chi connectivity index (χ4v) is 4.78. The van der Waals surface area contributed by atoms with Crippen molar-refractivity contribution >= 4 is 40.3 Å². The molecule has 0 aliphatic heterocycles. The normalized spacial score (nSPS) is 15.7. The van der Waals surface area contributed by atoms with Crippen LogP contribution in [0.1, 0.15) is 59.5 Å². The van der Waals surface area contributed by atoms with Crippen molar-refractivity contribution in [3.63, 3.8) is 0 Å². The van der Waals surface area contributed by atoms with Gasteiger partial charge in [0.05, 0.1) is 11.7 Å². The van der Waals surface area contributed by atoms with Gasteiger partial charge in [-0.2, -0.15) is 0 Å². The van der Waals surface area contributed by atoms with Crippen molar-refractivity contribution in [2.24, 2.45) is 5.92 Å². The number of nitrogens with one attached hydrogen (secondary N) is 1. The molecular formula is C23H27NO6S. The molecule has 3 rings (SSSR count). The van der Waals surface area contributed by atoms with Gasteiger partial charge in [0.1, 0.15) is 16.5 Å². The van der Waals surface area contributed by atoms with Crippen molar-refractivity contribution < 1.29 is 28.3 Å². The lowest BCUT2D eigenvalue weighted by Gasteiger charge is -2.18. The Bertz CT molecular complexity index is 1000. The first-order valence-electron chi connectivity index (χ1n) is 10.3. The summed E-state index contributed by atoms with van der Waals surface area (Å²) in [6.45, 7) is 7.08. The topological polar surface area (TPSA) is 94.8 Å². The van der Waals surface area contributed by atoms with E-state index in [2.05, 4.69) is 12.2 Å². The average Bonchev–Trinajstić information content (AvgIpc) is 3.26. The molecule has 1 N–H and O–H groups in total. The molecule has 2 heterocycles. The minimum absolute atomic E-state index is 0.264. The number of ether oxygens (including phenoxy) is 2. The number of carbonyl (C=O) groups excluding carboxylic acids is 3. The van der Waals surface area contributed by atoms with E-state index < -0.39 is 24.5 Å². The molecule has 1 aliphatic rings. The third-order valence-corrected chi connectivity index (χ3v) is 5.97. The van der Waals surface area contributed by atoms with E-state index in [1.807, 2.05) is 0 Å². The predicted octanol–water partition coefficient (Wildman–Crippen LogP) is 4.53. The van der Waals surface area contributed by atoms with Crippen LogP contribution in [0.5, 0.6) is 0 Å². The average molecular weight is 446 g/mol. The van der Waals surface area contributed by atoms with Gasteiger partial charge in [-0.05, 0) is 69.7 Å². The maximum atomic E-state index is 12.7.